The number of ether oxygens (including phenoxy) is 1. The maximum atomic E-state index is 10.6. The molecule has 0 saturated carbocycles. The predicted molar refractivity (Wildman–Crippen MR) is 64.1 cm³/mol. The van der Waals surface area contributed by atoms with Crippen LogP contribution in [-0.4, -0.2) is 53.6 Å². The van der Waals surface area contributed by atoms with Gasteiger partial charge in [-0.25, -0.2) is 9.98 Å². The lowest BCUT2D eigenvalue weighted by molar-refractivity contribution is -0.140. The molecule has 0 aromatic carbocycles. The van der Waals surface area contributed by atoms with Crippen LogP contribution < -0.4 is 0 Å². The van der Waals surface area contributed by atoms with Crippen LogP contribution in [0.15, 0.2) is 15.0 Å². The first kappa shape index (κ1) is 10.9. The molecule has 84 valence electrons. The van der Waals surface area contributed by atoms with Crippen molar-refractivity contribution in [3.63, 3.8) is 0 Å². The first-order valence-electron chi connectivity index (χ1n) is 4.76. The van der Waals surface area contributed by atoms with Crippen molar-refractivity contribution in [3.8, 4) is 0 Å². The van der Waals surface area contributed by atoms with Crippen molar-refractivity contribution in [1.29, 1.82) is 0 Å². The summed E-state index contributed by atoms with van der Waals surface area (Å²) in [5.74, 6) is 0.447. The van der Waals surface area contributed by atoms with E-state index in [-0.39, 0.29) is 12.0 Å². The molecule has 2 rings (SSSR count). The minimum absolute atomic E-state index is 0.252. The highest BCUT2D eigenvalue weighted by Crippen LogP contribution is 2.13. The van der Waals surface area contributed by atoms with Crippen molar-refractivity contribution in [2.24, 2.45) is 15.0 Å². The van der Waals surface area contributed by atoms with Gasteiger partial charge in [0.15, 0.2) is 6.04 Å². The standard InChI is InChI=1S/C9H10N4O2S/c1-6(14)15-3-2-13-5-12-7-8(13)10-4-11-9(7)16/h4-5,7H,2-3H2,1H3. The van der Waals surface area contributed by atoms with Gasteiger partial charge in [-0.2, -0.15) is 0 Å². The van der Waals surface area contributed by atoms with Crippen molar-refractivity contribution in [1.82, 2.24) is 4.90 Å². The highest BCUT2D eigenvalue weighted by molar-refractivity contribution is 7.80. The van der Waals surface area contributed by atoms with E-state index in [9.17, 15) is 4.79 Å². The molecule has 0 aliphatic carbocycles. The molecule has 0 aromatic heterocycles. The zero-order valence-electron chi connectivity index (χ0n) is 8.66. The SMILES string of the molecule is CC(=O)OCCN1C=NC2C(=S)N=CN=C21. The number of hydrogen-bond donors (Lipinski definition) is 0. The highest BCUT2D eigenvalue weighted by atomic mass is 32.1. The Hall–Kier alpha value is -1.63. The lowest BCUT2D eigenvalue weighted by atomic mass is 10.2. The van der Waals surface area contributed by atoms with Gasteiger partial charge in [0.05, 0.1) is 12.9 Å². The largest absolute Gasteiger partial charge is 0.464 e. The Labute approximate surface area is 97.7 Å². The molecule has 7 heteroatoms. The zero-order chi connectivity index (χ0) is 11.5. The number of carbonyl (C=O) groups is 1. The van der Waals surface area contributed by atoms with E-state index in [0.29, 0.717) is 18.1 Å². The van der Waals surface area contributed by atoms with Crippen molar-refractivity contribution < 1.29 is 9.53 Å². The van der Waals surface area contributed by atoms with Crippen LogP contribution in [0.5, 0.6) is 0 Å². The van der Waals surface area contributed by atoms with Crippen LogP contribution in [0.2, 0.25) is 0 Å². The van der Waals surface area contributed by atoms with Gasteiger partial charge in [0, 0.05) is 6.92 Å². The Morgan fingerprint density at radius 1 is 1.69 bits per heavy atom. The molecular weight excluding hydrogens is 228 g/mol. The average Bonchev–Trinajstić information content (AvgIpc) is 2.63. The van der Waals surface area contributed by atoms with Crippen LogP contribution in [0.3, 0.4) is 0 Å². The number of amidine groups is 1. The molecule has 1 unspecified atom stereocenters. The Morgan fingerprint density at radius 2 is 2.50 bits per heavy atom. The fourth-order valence-electron chi connectivity index (χ4n) is 1.42. The molecular formula is C9H10N4O2S. The number of nitrogens with zero attached hydrogens (tertiary/aromatic N) is 4. The van der Waals surface area contributed by atoms with Crippen LogP contribution in [0.25, 0.3) is 0 Å². The molecule has 0 saturated heterocycles. The molecule has 0 amide bonds. The van der Waals surface area contributed by atoms with Crippen LogP contribution >= 0.6 is 12.2 Å². The third-order valence-corrected chi connectivity index (χ3v) is 2.47. The van der Waals surface area contributed by atoms with Crippen molar-refractivity contribution in [2.75, 3.05) is 13.2 Å². The summed E-state index contributed by atoms with van der Waals surface area (Å²) in [6.45, 7) is 2.20. The first-order chi connectivity index (χ1) is 7.68. The fraction of sp³-hybridized carbons (Fsp3) is 0.444. The minimum Gasteiger partial charge on any atom is -0.464 e. The maximum Gasteiger partial charge on any atom is 0.302 e. The molecule has 2 aliphatic heterocycles. The van der Waals surface area contributed by atoms with Crippen LogP contribution in [0.4, 0.5) is 0 Å². The van der Waals surface area contributed by atoms with Crippen molar-refractivity contribution in [3.05, 3.63) is 0 Å². The van der Waals surface area contributed by atoms with E-state index in [1.165, 1.54) is 13.3 Å². The van der Waals surface area contributed by atoms with E-state index < -0.39 is 0 Å². The molecule has 16 heavy (non-hydrogen) atoms. The average molecular weight is 238 g/mol. The molecule has 1 atom stereocenters. The van der Waals surface area contributed by atoms with Gasteiger partial charge in [-0.3, -0.25) is 9.79 Å². The molecule has 0 spiro atoms. The molecule has 2 aliphatic rings. The number of aliphatic imine (C=N–C) groups is 3. The summed E-state index contributed by atoms with van der Waals surface area (Å²) in [7, 11) is 0. The van der Waals surface area contributed by atoms with Gasteiger partial charge in [0.25, 0.3) is 0 Å². The summed E-state index contributed by atoms with van der Waals surface area (Å²) in [6.07, 6.45) is 3.07. The van der Waals surface area contributed by atoms with Crippen molar-refractivity contribution >= 4 is 41.7 Å². The molecule has 0 bridgehead atoms. The van der Waals surface area contributed by atoms with Gasteiger partial charge in [-0.15, -0.1) is 0 Å². The lowest BCUT2D eigenvalue weighted by Gasteiger charge is -2.19. The first-order valence-corrected chi connectivity index (χ1v) is 5.16. The molecule has 0 aromatic rings. The van der Waals surface area contributed by atoms with E-state index >= 15 is 0 Å². The Morgan fingerprint density at radius 3 is 3.25 bits per heavy atom. The second-order valence-corrected chi connectivity index (χ2v) is 3.69. The van der Waals surface area contributed by atoms with Crippen molar-refractivity contribution in [2.45, 2.75) is 13.0 Å². The van der Waals surface area contributed by atoms with Gasteiger partial charge in [-0.05, 0) is 0 Å². The van der Waals surface area contributed by atoms with Crippen LogP contribution in [-0.2, 0) is 9.53 Å². The molecule has 2 heterocycles. The fourth-order valence-corrected chi connectivity index (χ4v) is 1.64. The lowest BCUT2D eigenvalue weighted by Crippen LogP contribution is -2.38. The number of carbonyl (C=O) groups excluding carboxylic acids is 1. The van der Waals surface area contributed by atoms with Crippen LogP contribution in [0, 0.1) is 0 Å². The number of esters is 1. The number of thiocarbonyl (C=S) groups is 1. The van der Waals surface area contributed by atoms with Gasteiger partial charge in [0.2, 0.25) is 0 Å². The molecule has 0 radical (unpaired) electrons. The second-order valence-electron chi connectivity index (χ2n) is 3.27. The minimum atomic E-state index is -0.296. The quantitative estimate of drug-likeness (QED) is 0.514. The van der Waals surface area contributed by atoms with Gasteiger partial charge in [0.1, 0.15) is 23.8 Å². The summed E-state index contributed by atoms with van der Waals surface area (Å²) in [5.41, 5.74) is 0. The number of rotatable bonds is 3. The molecule has 0 N–H and O–H groups in total. The Bertz CT molecular complexity index is 416. The summed E-state index contributed by atoms with van der Waals surface area (Å²) in [4.78, 5) is 25.1. The third kappa shape index (κ3) is 2.13. The highest BCUT2D eigenvalue weighted by Gasteiger charge is 2.30. The summed E-state index contributed by atoms with van der Waals surface area (Å²) in [5, 5.41) is 0. The molecule has 0 fully saturated rings. The Kier molecular flexibility index (Phi) is 3.04. The smallest absolute Gasteiger partial charge is 0.302 e. The van der Waals surface area contributed by atoms with Gasteiger partial charge in [-0.1, -0.05) is 12.2 Å². The van der Waals surface area contributed by atoms with E-state index in [1.54, 1.807) is 6.34 Å². The monoisotopic (exact) mass is 238 g/mol. The van der Waals surface area contributed by atoms with E-state index in [4.69, 9.17) is 17.0 Å². The van der Waals surface area contributed by atoms with E-state index in [0.717, 1.165) is 5.84 Å². The van der Waals surface area contributed by atoms with E-state index in [2.05, 4.69) is 15.0 Å². The maximum absolute atomic E-state index is 10.6. The number of fused-ring (bicyclic) bond motifs is 1. The summed E-state index contributed by atoms with van der Waals surface area (Å²) < 4.78 is 4.85. The Balaban J connectivity index is 1.95. The normalized spacial score (nSPS) is 22.1. The van der Waals surface area contributed by atoms with Gasteiger partial charge < -0.3 is 9.64 Å². The third-order valence-electron chi connectivity index (χ3n) is 2.14. The molecule has 6 nitrogen and oxygen atoms in total. The second kappa shape index (κ2) is 4.48. The zero-order valence-corrected chi connectivity index (χ0v) is 9.48. The summed E-state index contributed by atoms with van der Waals surface area (Å²) in [6, 6.07) is -0.252. The predicted octanol–water partition coefficient (Wildman–Crippen LogP) is 0.0298. The summed E-state index contributed by atoms with van der Waals surface area (Å²) >= 11 is 5.05. The number of hydrogen-bond acceptors (Lipinski definition) is 6. The van der Waals surface area contributed by atoms with Crippen LogP contribution in [0.1, 0.15) is 6.92 Å². The van der Waals surface area contributed by atoms with E-state index in [1.807, 2.05) is 4.90 Å². The van der Waals surface area contributed by atoms with Gasteiger partial charge >= 0.3 is 5.97 Å². The topological polar surface area (TPSA) is 66.6 Å².